The van der Waals surface area contributed by atoms with Gasteiger partial charge in [0.05, 0.1) is 6.04 Å². The minimum absolute atomic E-state index is 0.192. The lowest BCUT2D eigenvalue weighted by Gasteiger charge is -2.35. The van der Waals surface area contributed by atoms with E-state index in [-0.39, 0.29) is 18.0 Å². The fourth-order valence-electron chi connectivity index (χ4n) is 6.65. The second kappa shape index (κ2) is 10.7. The summed E-state index contributed by atoms with van der Waals surface area (Å²) in [5.41, 5.74) is 2.81. The van der Waals surface area contributed by atoms with E-state index in [1.165, 1.54) is 27.0 Å². The third-order valence-electron chi connectivity index (χ3n) is 8.31. The highest BCUT2D eigenvalue weighted by Crippen LogP contribution is 2.55. The average Bonchev–Trinajstić information content (AvgIpc) is 3.63. The number of hydrogen-bond donors (Lipinski definition) is 1. The van der Waals surface area contributed by atoms with E-state index >= 15 is 0 Å². The van der Waals surface area contributed by atoms with Crippen molar-refractivity contribution in [2.45, 2.75) is 30.7 Å². The van der Waals surface area contributed by atoms with Crippen molar-refractivity contribution in [1.29, 1.82) is 0 Å². The van der Waals surface area contributed by atoms with Gasteiger partial charge in [-0.1, -0.05) is 121 Å². The van der Waals surface area contributed by atoms with Crippen LogP contribution in [0.25, 0.3) is 0 Å². The maximum absolute atomic E-state index is 10.9. The van der Waals surface area contributed by atoms with Gasteiger partial charge in [-0.3, -0.25) is 4.90 Å². The lowest BCUT2D eigenvalue weighted by Crippen LogP contribution is -2.40. The topological polar surface area (TPSA) is 32.7 Å². The van der Waals surface area contributed by atoms with Crippen LogP contribution in [0, 0.1) is 0 Å². The predicted molar refractivity (Wildman–Crippen MR) is 164 cm³/mol. The molecule has 2 aliphatic rings. The van der Waals surface area contributed by atoms with Crippen LogP contribution in [-0.4, -0.2) is 22.6 Å². The highest BCUT2D eigenvalue weighted by Gasteiger charge is 2.57. The molecule has 0 radical (unpaired) electrons. The maximum Gasteiger partial charge on any atom is 0.139 e. The van der Waals surface area contributed by atoms with Crippen LogP contribution in [-0.2, 0) is 10.3 Å². The first kappa shape index (κ1) is 25.2. The number of rotatable bonds is 6. The van der Waals surface area contributed by atoms with Crippen LogP contribution in [0.5, 0.6) is 5.75 Å². The first-order valence-corrected chi connectivity index (χ1v) is 15.4. The summed E-state index contributed by atoms with van der Waals surface area (Å²) in [6.45, 7) is 0.959. The quantitative estimate of drug-likeness (QED) is 0.246. The molecule has 0 unspecified atom stereocenters. The predicted octanol–water partition coefficient (Wildman–Crippen LogP) is 6.59. The zero-order chi connectivity index (χ0) is 26.9. The van der Waals surface area contributed by atoms with E-state index in [9.17, 15) is 5.11 Å². The molecule has 5 aromatic carbocycles. The molecule has 2 heterocycles. The Bertz CT molecular complexity index is 1500. The van der Waals surface area contributed by atoms with Crippen molar-refractivity contribution in [2.24, 2.45) is 0 Å². The monoisotopic (exact) mass is 541 g/mol. The molecule has 0 bridgehead atoms. The number of nitrogens with zero attached hydrogens (tertiary/aromatic N) is 1. The van der Waals surface area contributed by atoms with E-state index < -0.39 is 13.5 Å². The molecule has 2 fully saturated rings. The molecule has 0 amide bonds. The van der Waals surface area contributed by atoms with E-state index in [1.807, 2.05) is 12.1 Å². The Labute approximate surface area is 237 Å². The smallest absolute Gasteiger partial charge is 0.139 e. The summed E-state index contributed by atoms with van der Waals surface area (Å²) in [6, 6.07) is 49.0. The lowest BCUT2D eigenvalue weighted by molar-refractivity contribution is -0.0460. The van der Waals surface area contributed by atoms with Gasteiger partial charge in [0.15, 0.2) is 0 Å². The summed E-state index contributed by atoms with van der Waals surface area (Å²) >= 11 is 0. The molecule has 7 rings (SSSR count). The van der Waals surface area contributed by atoms with E-state index in [2.05, 4.69) is 132 Å². The van der Waals surface area contributed by atoms with Gasteiger partial charge in [0.25, 0.3) is 0 Å². The van der Waals surface area contributed by atoms with Gasteiger partial charge in [0.1, 0.15) is 17.6 Å². The largest absolute Gasteiger partial charge is 0.508 e. The Morgan fingerprint density at radius 3 is 1.75 bits per heavy atom. The molecule has 0 saturated carbocycles. The average molecular weight is 542 g/mol. The van der Waals surface area contributed by atoms with Crippen molar-refractivity contribution in [3.63, 3.8) is 0 Å². The molecule has 3 nitrogen and oxygen atoms in total. The first-order chi connectivity index (χ1) is 19.8. The number of phenolic OH excluding ortho intramolecular Hbond substituents is 1. The molecule has 40 heavy (non-hydrogen) atoms. The van der Waals surface area contributed by atoms with Crippen LogP contribution in [0.4, 0.5) is 0 Å². The van der Waals surface area contributed by atoms with E-state index in [0.29, 0.717) is 0 Å². The standard InChI is InChI=1S/C36H32NO2P/c38-29-23-24-33(40(30-18-9-3-10-19-30)31-20-11-4-12-21-31)32(26-29)35-37-25-13-22-34(37)36(39-35,27-14-5-1-6-15-27)28-16-7-2-8-17-28/h1-12,14-21,23-24,26,34-35,38H,13,22,25H2/t34-,35+/m0/s1. The Kier molecular flexibility index (Phi) is 6.73. The normalized spacial score (nSPS) is 20.0. The highest BCUT2D eigenvalue weighted by molar-refractivity contribution is 7.79. The van der Waals surface area contributed by atoms with Crippen molar-refractivity contribution in [3.05, 3.63) is 156 Å². The van der Waals surface area contributed by atoms with Gasteiger partial charge in [-0.15, -0.1) is 0 Å². The van der Waals surface area contributed by atoms with Crippen LogP contribution >= 0.6 is 7.92 Å². The molecule has 2 saturated heterocycles. The van der Waals surface area contributed by atoms with Gasteiger partial charge < -0.3 is 9.84 Å². The van der Waals surface area contributed by atoms with Crippen LogP contribution in [0.2, 0.25) is 0 Å². The van der Waals surface area contributed by atoms with E-state index in [0.717, 1.165) is 24.9 Å². The number of hydrogen-bond acceptors (Lipinski definition) is 3. The molecule has 0 spiro atoms. The molecule has 0 aromatic heterocycles. The summed E-state index contributed by atoms with van der Waals surface area (Å²) in [5, 5.41) is 14.6. The summed E-state index contributed by atoms with van der Waals surface area (Å²) < 4.78 is 7.42. The Morgan fingerprint density at radius 1 is 0.675 bits per heavy atom. The second-order valence-electron chi connectivity index (χ2n) is 10.6. The molecular weight excluding hydrogens is 509 g/mol. The van der Waals surface area contributed by atoms with Gasteiger partial charge in [-0.2, -0.15) is 0 Å². The number of fused-ring (bicyclic) bond motifs is 1. The third-order valence-corrected chi connectivity index (χ3v) is 10.8. The molecule has 2 atom stereocenters. The van der Waals surface area contributed by atoms with Crippen LogP contribution in [0.3, 0.4) is 0 Å². The van der Waals surface area contributed by atoms with Gasteiger partial charge in [0.2, 0.25) is 0 Å². The van der Waals surface area contributed by atoms with E-state index in [4.69, 9.17) is 4.74 Å². The second-order valence-corrected chi connectivity index (χ2v) is 12.8. The number of benzene rings is 5. The fourth-order valence-corrected chi connectivity index (χ4v) is 9.11. The van der Waals surface area contributed by atoms with Gasteiger partial charge in [0, 0.05) is 12.1 Å². The Hall–Kier alpha value is -3.75. The molecule has 5 aromatic rings. The lowest BCUT2D eigenvalue weighted by atomic mass is 9.79. The van der Waals surface area contributed by atoms with Crippen molar-refractivity contribution in [3.8, 4) is 5.75 Å². The zero-order valence-corrected chi connectivity index (χ0v) is 23.2. The first-order valence-electron chi connectivity index (χ1n) is 14.0. The summed E-state index contributed by atoms with van der Waals surface area (Å²) in [7, 11) is -0.870. The molecule has 4 heteroatoms. The van der Waals surface area contributed by atoms with Crippen molar-refractivity contribution >= 4 is 23.8 Å². The third kappa shape index (κ3) is 4.26. The number of ether oxygens (including phenoxy) is 1. The van der Waals surface area contributed by atoms with E-state index in [1.54, 1.807) is 0 Å². The number of aromatic hydroxyl groups is 1. The van der Waals surface area contributed by atoms with Crippen molar-refractivity contribution < 1.29 is 9.84 Å². The van der Waals surface area contributed by atoms with Gasteiger partial charge in [-0.25, -0.2) is 0 Å². The van der Waals surface area contributed by atoms with Crippen molar-refractivity contribution in [1.82, 2.24) is 4.90 Å². The zero-order valence-electron chi connectivity index (χ0n) is 22.3. The molecule has 1 N–H and O–H groups in total. The summed E-state index contributed by atoms with van der Waals surface area (Å²) in [6.07, 6.45) is 1.89. The molecular formula is C36H32NO2P. The number of phenols is 1. The summed E-state index contributed by atoms with van der Waals surface area (Å²) in [5.74, 6) is 0.270. The highest BCUT2D eigenvalue weighted by atomic mass is 31.1. The van der Waals surface area contributed by atoms with Crippen LogP contribution < -0.4 is 15.9 Å². The minimum atomic E-state index is -0.870. The van der Waals surface area contributed by atoms with Crippen molar-refractivity contribution in [2.75, 3.05) is 6.54 Å². The molecule has 0 aliphatic carbocycles. The van der Waals surface area contributed by atoms with Gasteiger partial charge in [-0.05, 0) is 66.0 Å². The van der Waals surface area contributed by atoms with Gasteiger partial charge >= 0.3 is 0 Å². The molecule has 2 aliphatic heterocycles. The van der Waals surface area contributed by atoms with Crippen LogP contribution in [0.1, 0.15) is 35.8 Å². The molecule has 198 valence electrons. The Morgan fingerprint density at radius 2 is 1.20 bits per heavy atom. The minimum Gasteiger partial charge on any atom is -0.508 e. The fraction of sp³-hybridized carbons (Fsp3) is 0.167. The van der Waals surface area contributed by atoms with Crippen LogP contribution in [0.15, 0.2) is 140 Å². The Balaban J connectivity index is 1.43. The summed E-state index contributed by atoms with van der Waals surface area (Å²) in [4.78, 5) is 2.54. The maximum atomic E-state index is 10.9. The SMILES string of the molecule is Oc1ccc(P(c2ccccc2)c2ccccc2)c([C@H]2OC(c3ccccc3)(c3ccccc3)[C@@H]3CCCN23)c1.